The molecule has 0 aliphatic heterocycles. The van der Waals surface area contributed by atoms with Gasteiger partial charge in [-0.2, -0.15) is 8.42 Å². The van der Waals surface area contributed by atoms with E-state index in [1.807, 2.05) is 0 Å². The summed E-state index contributed by atoms with van der Waals surface area (Å²) in [6.07, 6.45) is 21.2. The molecule has 5 heteroatoms. The molecule has 0 bridgehead atoms. The highest BCUT2D eigenvalue weighted by molar-refractivity contribution is 7.80. The van der Waals surface area contributed by atoms with E-state index in [0.717, 1.165) is 19.3 Å². The van der Waals surface area contributed by atoms with Crippen molar-refractivity contribution in [3.05, 3.63) is 12.2 Å². The molecular formula is C20H40O4S. The molecule has 0 amide bonds. The molecule has 0 aliphatic carbocycles. The van der Waals surface area contributed by atoms with Gasteiger partial charge in [0.1, 0.15) is 0 Å². The quantitative estimate of drug-likeness (QED) is 0.169. The van der Waals surface area contributed by atoms with Gasteiger partial charge in [-0.1, -0.05) is 96.6 Å². The van der Waals surface area contributed by atoms with Gasteiger partial charge in [0.25, 0.3) is 0 Å². The maximum Gasteiger partial charge on any atom is 0.397 e. The zero-order valence-electron chi connectivity index (χ0n) is 16.4. The first-order valence-electron chi connectivity index (χ1n) is 10.3. The van der Waals surface area contributed by atoms with E-state index in [1.165, 1.54) is 70.6 Å². The minimum Gasteiger partial charge on any atom is -0.264 e. The predicted octanol–water partition coefficient (Wildman–Crippen LogP) is 6.48. The summed E-state index contributed by atoms with van der Waals surface area (Å²) in [5.41, 5.74) is 0. The summed E-state index contributed by atoms with van der Waals surface area (Å²) in [7, 11) is -4.34. The molecule has 0 rings (SSSR count). The van der Waals surface area contributed by atoms with E-state index in [1.54, 1.807) is 0 Å². The zero-order valence-corrected chi connectivity index (χ0v) is 17.2. The van der Waals surface area contributed by atoms with Gasteiger partial charge in [-0.05, 0) is 19.3 Å². The van der Waals surface area contributed by atoms with Crippen LogP contribution in [0.3, 0.4) is 0 Å². The maximum absolute atomic E-state index is 10.8. The molecule has 0 fully saturated rings. The third-order valence-corrected chi connectivity index (χ3v) is 4.93. The Morgan fingerprint density at radius 1 is 0.840 bits per heavy atom. The van der Waals surface area contributed by atoms with Crippen molar-refractivity contribution < 1.29 is 17.2 Å². The lowest BCUT2D eigenvalue weighted by molar-refractivity contribution is 0.234. The Morgan fingerprint density at radius 2 is 1.36 bits per heavy atom. The van der Waals surface area contributed by atoms with Crippen LogP contribution in [-0.4, -0.2) is 19.6 Å². The molecule has 0 heterocycles. The van der Waals surface area contributed by atoms with E-state index in [9.17, 15) is 8.42 Å². The second-order valence-electron chi connectivity index (χ2n) is 7.01. The van der Waals surface area contributed by atoms with Crippen LogP contribution >= 0.6 is 0 Å². The number of hydrogen-bond donors (Lipinski definition) is 1. The molecule has 0 aliphatic rings. The van der Waals surface area contributed by atoms with Crippen LogP contribution in [0.25, 0.3) is 0 Å². The lowest BCUT2D eigenvalue weighted by atomic mass is 10.00. The predicted molar refractivity (Wildman–Crippen MR) is 106 cm³/mol. The van der Waals surface area contributed by atoms with Crippen LogP contribution in [0.5, 0.6) is 0 Å². The maximum atomic E-state index is 10.8. The molecule has 1 N–H and O–H groups in total. The first kappa shape index (κ1) is 24.6. The Balaban J connectivity index is 3.97. The molecule has 4 nitrogen and oxygen atoms in total. The van der Waals surface area contributed by atoms with Gasteiger partial charge in [0, 0.05) is 5.92 Å². The summed E-state index contributed by atoms with van der Waals surface area (Å²) < 4.78 is 34.9. The van der Waals surface area contributed by atoms with Gasteiger partial charge in [0.05, 0.1) is 6.61 Å². The minimum atomic E-state index is -4.34. The van der Waals surface area contributed by atoms with Crippen molar-refractivity contribution in [3.8, 4) is 0 Å². The van der Waals surface area contributed by atoms with Crippen LogP contribution in [0.1, 0.15) is 104 Å². The van der Waals surface area contributed by atoms with Crippen molar-refractivity contribution >= 4 is 10.4 Å². The number of rotatable bonds is 18. The molecule has 150 valence electrons. The van der Waals surface area contributed by atoms with Gasteiger partial charge in [-0.15, -0.1) is 0 Å². The molecule has 0 radical (unpaired) electrons. The van der Waals surface area contributed by atoms with Crippen LogP contribution in [-0.2, 0) is 14.6 Å². The minimum absolute atomic E-state index is 0.0418. The van der Waals surface area contributed by atoms with E-state index >= 15 is 0 Å². The third kappa shape index (κ3) is 19.8. The highest BCUT2D eigenvalue weighted by Crippen LogP contribution is 2.16. The van der Waals surface area contributed by atoms with E-state index in [-0.39, 0.29) is 12.5 Å². The Morgan fingerprint density at radius 3 is 1.92 bits per heavy atom. The average molecular weight is 377 g/mol. The average Bonchev–Trinajstić information content (AvgIpc) is 2.56. The summed E-state index contributed by atoms with van der Waals surface area (Å²) in [6, 6.07) is 0. The Kier molecular flexibility index (Phi) is 16.8. The molecular weight excluding hydrogens is 336 g/mol. The van der Waals surface area contributed by atoms with Gasteiger partial charge >= 0.3 is 10.4 Å². The molecule has 0 saturated carbocycles. The highest BCUT2D eigenvalue weighted by Gasteiger charge is 2.11. The van der Waals surface area contributed by atoms with Gasteiger partial charge in [0.2, 0.25) is 0 Å². The van der Waals surface area contributed by atoms with Crippen LogP contribution in [0, 0.1) is 5.92 Å². The largest absolute Gasteiger partial charge is 0.397 e. The van der Waals surface area contributed by atoms with Crippen LogP contribution in [0.15, 0.2) is 12.2 Å². The molecule has 0 saturated heterocycles. The van der Waals surface area contributed by atoms with E-state index < -0.39 is 10.4 Å². The van der Waals surface area contributed by atoms with E-state index in [4.69, 9.17) is 4.55 Å². The highest BCUT2D eigenvalue weighted by atomic mass is 32.3. The summed E-state index contributed by atoms with van der Waals surface area (Å²) in [5.74, 6) is 0.0631. The first-order valence-corrected chi connectivity index (χ1v) is 11.6. The second-order valence-corrected chi connectivity index (χ2v) is 8.10. The standard InChI is InChI=1S/C20H40O4S/c1-3-5-7-9-10-11-12-14-16-18-20(19-24-25(21,22)23)17-15-13-8-6-4-2/h16,18,20H,3-15,17,19H2,1-2H3,(H,21,22,23)/b18-16+. The summed E-state index contributed by atoms with van der Waals surface area (Å²) in [5, 5.41) is 0. The summed E-state index contributed by atoms with van der Waals surface area (Å²) >= 11 is 0. The van der Waals surface area contributed by atoms with Gasteiger partial charge < -0.3 is 0 Å². The fourth-order valence-corrected chi connectivity index (χ4v) is 3.27. The van der Waals surface area contributed by atoms with Crippen molar-refractivity contribution in [1.82, 2.24) is 0 Å². The van der Waals surface area contributed by atoms with E-state index in [2.05, 4.69) is 30.2 Å². The number of allylic oxidation sites excluding steroid dienone is 1. The van der Waals surface area contributed by atoms with Gasteiger partial charge in [-0.3, -0.25) is 4.55 Å². The molecule has 0 aromatic rings. The Bertz CT molecular complexity index is 404. The monoisotopic (exact) mass is 376 g/mol. The Hall–Kier alpha value is -0.390. The van der Waals surface area contributed by atoms with Crippen LogP contribution in [0.2, 0.25) is 0 Å². The first-order chi connectivity index (χ1) is 12.0. The lowest BCUT2D eigenvalue weighted by Gasteiger charge is -2.11. The zero-order chi connectivity index (χ0) is 18.8. The fraction of sp³-hybridized carbons (Fsp3) is 0.900. The lowest BCUT2D eigenvalue weighted by Crippen LogP contribution is -2.12. The molecule has 25 heavy (non-hydrogen) atoms. The normalized spacial score (nSPS) is 13.6. The number of hydrogen-bond acceptors (Lipinski definition) is 3. The number of unbranched alkanes of at least 4 members (excludes halogenated alkanes) is 11. The molecule has 0 aromatic heterocycles. The van der Waals surface area contributed by atoms with Crippen LogP contribution in [0.4, 0.5) is 0 Å². The molecule has 1 unspecified atom stereocenters. The fourth-order valence-electron chi connectivity index (χ4n) is 2.93. The van der Waals surface area contributed by atoms with Crippen LogP contribution < -0.4 is 0 Å². The molecule has 0 aromatic carbocycles. The van der Waals surface area contributed by atoms with E-state index in [0.29, 0.717) is 0 Å². The van der Waals surface area contributed by atoms with Crippen molar-refractivity contribution in [2.45, 2.75) is 104 Å². The summed E-state index contributed by atoms with van der Waals surface area (Å²) in [4.78, 5) is 0. The van der Waals surface area contributed by atoms with Crippen molar-refractivity contribution in [2.24, 2.45) is 5.92 Å². The smallest absolute Gasteiger partial charge is 0.264 e. The SMILES string of the molecule is CCCCCCCCC/C=C/C(CCCCCCC)COS(=O)(=O)O. The van der Waals surface area contributed by atoms with Crippen molar-refractivity contribution in [1.29, 1.82) is 0 Å². The Labute approximate surface area is 156 Å². The molecule has 0 spiro atoms. The van der Waals surface area contributed by atoms with Gasteiger partial charge in [-0.25, -0.2) is 4.18 Å². The summed E-state index contributed by atoms with van der Waals surface area (Å²) in [6.45, 7) is 4.46. The topological polar surface area (TPSA) is 63.6 Å². The second kappa shape index (κ2) is 17.0. The third-order valence-electron chi connectivity index (χ3n) is 4.49. The van der Waals surface area contributed by atoms with Crippen molar-refractivity contribution in [2.75, 3.05) is 6.61 Å². The van der Waals surface area contributed by atoms with Crippen molar-refractivity contribution in [3.63, 3.8) is 0 Å². The molecule has 1 atom stereocenters. The van der Waals surface area contributed by atoms with Gasteiger partial charge in [0.15, 0.2) is 0 Å².